The minimum atomic E-state index is -2.90. The van der Waals surface area contributed by atoms with Crippen molar-refractivity contribution in [3.8, 4) is 0 Å². The molecule has 0 bridgehead atoms. The van der Waals surface area contributed by atoms with Crippen LogP contribution in [0.1, 0.15) is 26.3 Å². The van der Waals surface area contributed by atoms with E-state index < -0.39 is 29.5 Å². The van der Waals surface area contributed by atoms with Gasteiger partial charge >= 0.3 is 12.2 Å². The van der Waals surface area contributed by atoms with Gasteiger partial charge in [0, 0.05) is 7.05 Å². The molecule has 0 aromatic carbocycles. The third-order valence-corrected chi connectivity index (χ3v) is 4.28. The van der Waals surface area contributed by atoms with Crippen LogP contribution in [0.25, 0.3) is 11.2 Å². The van der Waals surface area contributed by atoms with E-state index in [0.29, 0.717) is 17.4 Å². The van der Waals surface area contributed by atoms with Gasteiger partial charge in [0.05, 0.1) is 24.9 Å². The van der Waals surface area contributed by atoms with E-state index in [2.05, 4.69) is 4.98 Å². The number of aromatic nitrogens is 4. The Morgan fingerprint density at radius 2 is 2.21 bits per heavy atom. The van der Waals surface area contributed by atoms with E-state index in [-0.39, 0.29) is 24.3 Å². The molecule has 0 amide bonds. The molecule has 10 heteroatoms. The first-order chi connectivity index (χ1) is 11.2. The number of hydrogen-bond acceptors (Lipinski definition) is 5. The number of alkyl halides is 2. The van der Waals surface area contributed by atoms with Crippen molar-refractivity contribution in [1.82, 2.24) is 18.7 Å². The topological polar surface area (TPSA) is 91.3 Å². The summed E-state index contributed by atoms with van der Waals surface area (Å²) in [5.41, 5.74) is -2.78. The van der Waals surface area contributed by atoms with Gasteiger partial charge in [-0.05, 0) is 19.8 Å². The highest BCUT2D eigenvalue weighted by molar-refractivity contribution is 5.69. The second-order valence-electron chi connectivity index (χ2n) is 6.33. The van der Waals surface area contributed by atoms with Crippen LogP contribution < -0.4 is 11.2 Å². The normalized spacial score (nSPS) is 24.8. The monoisotopic (exact) mass is 344 g/mol. The highest BCUT2D eigenvalue weighted by atomic mass is 19.3. The van der Waals surface area contributed by atoms with Gasteiger partial charge < -0.3 is 9.84 Å². The number of aliphatic hydroxyl groups is 1. The lowest BCUT2D eigenvalue weighted by atomic mass is 9.96. The molecule has 0 spiro atoms. The molecule has 1 aliphatic heterocycles. The molecule has 1 N–H and O–H groups in total. The van der Waals surface area contributed by atoms with Gasteiger partial charge in [0.1, 0.15) is 6.33 Å². The molecule has 2 atom stereocenters. The fourth-order valence-electron chi connectivity index (χ4n) is 2.90. The van der Waals surface area contributed by atoms with Gasteiger partial charge in [0.2, 0.25) is 0 Å². The van der Waals surface area contributed by atoms with E-state index in [1.165, 1.54) is 7.05 Å². The van der Waals surface area contributed by atoms with Gasteiger partial charge in [-0.1, -0.05) is 0 Å². The molecule has 0 radical (unpaired) electrons. The molecule has 3 heterocycles. The summed E-state index contributed by atoms with van der Waals surface area (Å²) < 4.78 is 33.9. The lowest BCUT2D eigenvalue weighted by Gasteiger charge is -2.33. The smallest absolute Gasteiger partial charge is 0.332 e. The van der Waals surface area contributed by atoms with Gasteiger partial charge in [-0.25, -0.2) is 9.78 Å². The zero-order chi connectivity index (χ0) is 17.6. The van der Waals surface area contributed by atoms with Crippen molar-refractivity contribution in [3.63, 3.8) is 0 Å². The number of aryl methyl sites for hydroxylation is 1. The predicted molar refractivity (Wildman–Crippen MR) is 80.1 cm³/mol. The second kappa shape index (κ2) is 5.78. The Balaban J connectivity index is 2.01. The highest BCUT2D eigenvalue weighted by Gasteiger charge is 2.30. The summed E-state index contributed by atoms with van der Waals surface area (Å²) >= 11 is 0. The quantitative estimate of drug-likeness (QED) is 0.860. The molecule has 132 valence electrons. The average Bonchev–Trinajstić information content (AvgIpc) is 2.96. The maximum atomic E-state index is 13.0. The summed E-state index contributed by atoms with van der Waals surface area (Å²) in [4.78, 5) is 28.6. The van der Waals surface area contributed by atoms with E-state index in [9.17, 15) is 23.5 Å². The minimum Gasteiger partial charge on any atom is -0.388 e. The van der Waals surface area contributed by atoms with Gasteiger partial charge in [-0.2, -0.15) is 8.78 Å². The first kappa shape index (κ1) is 16.8. The number of imidazole rings is 1. The number of nitrogens with zero attached hydrogens (tertiary/aromatic N) is 4. The Morgan fingerprint density at radius 1 is 1.50 bits per heavy atom. The Morgan fingerprint density at radius 3 is 2.79 bits per heavy atom. The summed E-state index contributed by atoms with van der Waals surface area (Å²) in [6.45, 7) is -1.16. The van der Waals surface area contributed by atoms with Crippen LogP contribution in [0.4, 0.5) is 8.78 Å². The molecule has 1 aliphatic rings. The van der Waals surface area contributed by atoms with Gasteiger partial charge in [0.15, 0.2) is 11.2 Å². The summed E-state index contributed by atoms with van der Waals surface area (Å²) in [5.74, 6) is 0. The number of fused-ring (bicyclic) bond motifs is 1. The molecule has 2 aromatic rings. The summed E-state index contributed by atoms with van der Waals surface area (Å²) in [6, 6.07) is 0. The number of hydrogen-bond donors (Lipinski definition) is 1. The standard InChI is InChI=1S/C14H18F2N4O4/c1-14(23)4-3-8(24-6-14)5-19-11(21)9-10(18(2)13(19)22)20(7-17-9)12(15)16/h7-8,12,23H,3-6H2,1-2H3. The fourth-order valence-corrected chi connectivity index (χ4v) is 2.90. The van der Waals surface area contributed by atoms with Gasteiger partial charge in [0.25, 0.3) is 5.56 Å². The molecule has 3 rings (SSSR count). The van der Waals surface area contributed by atoms with Crippen LogP contribution in [-0.4, -0.2) is 42.1 Å². The number of ether oxygens (including phenoxy) is 1. The maximum Gasteiger partial charge on any atom is 0.332 e. The highest BCUT2D eigenvalue weighted by Crippen LogP contribution is 2.23. The van der Waals surface area contributed by atoms with Gasteiger partial charge in [-0.3, -0.25) is 18.5 Å². The Bertz CT molecular complexity index is 873. The lowest BCUT2D eigenvalue weighted by molar-refractivity contribution is -0.113. The molecular formula is C14H18F2N4O4. The van der Waals surface area contributed by atoms with Crippen LogP contribution in [0, 0.1) is 0 Å². The molecule has 8 nitrogen and oxygen atoms in total. The SMILES string of the molecule is Cn1c(=O)n(CC2CCC(C)(O)CO2)c(=O)c2ncn(C(F)F)c21. The molecule has 24 heavy (non-hydrogen) atoms. The van der Waals surface area contributed by atoms with E-state index in [1.54, 1.807) is 6.92 Å². The zero-order valence-corrected chi connectivity index (χ0v) is 13.3. The Hall–Kier alpha value is -2.07. The fraction of sp³-hybridized carbons (Fsp3) is 0.643. The molecule has 1 fully saturated rings. The van der Waals surface area contributed by atoms with E-state index in [4.69, 9.17) is 4.74 Å². The van der Waals surface area contributed by atoms with Gasteiger partial charge in [-0.15, -0.1) is 0 Å². The third kappa shape index (κ3) is 2.75. The first-order valence-corrected chi connectivity index (χ1v) is 7.50. The van der Waals surface area contributed by atoms with Crippen LogP contribution in [-0.2, 0) is 18.3 Å². The summed E-state index contributed by atoms with van der Waals surface area (Å²) in [5, 5.41) is 9.86. The zero-order valence-electron chi connectivity index (χ0n) is 13.3. The molecule has 0 aliphatic carbocycles. The minimum absolute atomic E-state index is 0.0148. The average molecular weight is 344 g/mol. The lowest BCUT2D eigenvalue weighted by Crippen LogP contribution is -2.46. The molecule has 1 saturated heterocycles. The van der Waals surface area contributed by atoms with Crippen molar-refractivity contribution in [1.29, 1.82) is 0 Å². The van der Waals surface area contributed by atoms with Crippen molar-refractivity contribution < 1.29 is 18.6 Å². The summed E-state index contributed by atoms with van der Waals surface area (Å²) in [6.07, 6.45) is 1.39. The second-order valence-corrected chi connectivity index (χ2v) is 6.33. The first-order valence-electron chi connectivity index (χ1n) is 7.50. The number of rotatable bonds is 3. The van der Waals surface area contributed by atoms with Crippen LogP contribution in [0.5, 0.6) is 0 Å². The van der Waals surface area contributed by atoms with Crippen LogP contribution >= 0.6 is 0 Å². The maximum absolute atomic E-state index is 13.0. The number of halogens is 2. The van der Waals surface area contributed by atoms with E-state index in [1.807, 2.05) is 0 Å². The van der Waals surface area contributed by atoms with Crippen LogP contribution in [0.3, 0.4) is 0 Å². The predicted octanol–water partition coefficient (Wildman–Crippen LogP) is 0.222. The Kier molecular flexibility index (Phi) is 4.04. The summed E-state index contributed by atoms with van der Waals surface area (Å²) in [7, 11) is 1.31. The van der Waals surface area contributed by atoms with Crippen molar-refractivity contribution in [2.24, 2.45) is 7.05 Å². The molecule has 2 aromatic heterocycles. The molecular weight excluding hydrogens is 326 g/mol. The van der Waals surface area contributed by atoms with E-state index >= 15 is 0 Å². The molecule has 0 saturated carbocycles. The van der Waals surface area contributed by atoms with Crippen molar-refractivity contribution >= 4 is 11.2 Å². The van der Waals surface area contributed by atoms with Crippen molar-refractivity contribution in [2.75, 3.05) is 6.61 Å². The van der Waals surface area contributed by atoms with Crippen LogP contribution in [0.2, 0.25) is 0 Å². The third-order valence-electron chi connectivity index (χ3n) is 4.28. The Labute approximate surface area is 134 Å². The largest absolute Gasteiger partial charge is 0.388 e. The van der Waals surface area contributed by atoms with Crippen molar-refractivity contribution in [2.45, 2.75) is 44.6 Å². The van der Waals surface area contributed by atoms with Crippen LogP contribution in [0.15, 0.2) is 15.9 Å². The van der Waals surface area contributed by atoms with Crippen molar-refractivity contribution in [3.05, 3.63) is 27.2 Å². The molecule has 2 unspecified atom stereocenters. The van der Waals surface area contributed by atoms with E-state index in [0.717, 1.165) is 15.5 Å².